The molecule has 0 radical (unpaired) electrons. The molecule has 1 N–H and O–H groups in total. The van der Waals surface area contributed by atoms with E-state index in [-0.39, 0.29) is 11.9 Å². The second-order valence-electron chi connectivity index (χ2n) is 6.46. The maximum atomic E-state index is 12.7. The number of anilines is 1. The van der Waals surface area contributed by atoms with Crippen molar-refractivity contribution in [3.63, 3.8) is 0 Å². The highest BCUT2D eigenvalue weighted by molar-refractivity contribution is 6.31. The standard InChI is InChI=1S/C21H27ClN2O3/c1-6-27-17-9-7-16(8-10-17)13-24(4)15(3)21(25)23-19-11-14(2)18(22)12-20(19)26-5/h7-12,15H,6,13H2,1-5H3,(H,23,25)/t15-/m1/s1. The average Bonchev–Trinajstić information content (AvgIpc) is 2.65. The summed E-state index contributed by atoms with van der Waals surface area (Å²) >= 11 is 6.13. The van der Waals surface area contributed by atoms with Crippen LogP contribution in [0, 0.1) is 6.92 Å². The van der Waals surface area contributed by atoms with Crippen LogP contribution in [0.3, 0.4) is 0 Å². The smallest absolute Gasteiger partial charge is 0.241 e. The Kier molecular flexibility index (Phi) is 7.51. The Bertz CT molecular complexity index is 778. The molecule has 6 heteroatoms. The molecule has 0 saturated carbocycles. The van der Waals surface area contributed by atoms with E-state index in [0.717, 1.165) is 16.9 Å². The molecule has 1 atom stereocenters. The number of halogens is 1. The number of likely N-dealkylation sites (N-methyl/N-ethyl adjacent to an activating group) is 1. The topological polar surface area (TPSA) is 50.8 Å². The summed E-state index contributed by atoms with van der Waals surface area (Å²) in [4.78, 5) is 14.7. The third-order valence-corrected chi connectivity index (χ3v) is 4.85. The predicted octanol–water partition coefficient (Wildman–Crippen LogP) is 4.51. The minimum atomic E-state index is -0.322. The Balaban J connectivity index is 2.02. The highest BCUT2D eigenvalue weighted by Crippen LogP contribution is 2.31. The molecule has 0 fully saturated rings. The molecule has 0 aliphatic carbocycles. The Morgan fingerprint density at radius 2 is 1.93 bits per heavy atom. The summed E-state index contributed by atoms with van der Waals surface area (Å²) in [6, 6.07) is 11.1. The van der Waals surface area contributed by atoms with Gasteiger partial charge in [0.2, 0.25) is 5.91 Å². The van der Waals surface area contributed by atoms with Crippen molar-refractivity contribution in [3.8, 4) is 11.5 Å². The monoisotopic (exact) mass is 390 g/mol. The van der Waals surface area contributed by atoms with Gasteiger partial charge in [0, 0.05) is 17.6 Å². The van der Waals surface area contributed by atoms with Gasteiger partial charge in [0.05, 0.1) is 25.4 Å². The lowest BCUT2D eigenvalue weighted by Crippen LogP contribution is -2.39. The number of nitrogens with zero attached hydrogens (tertiary/aromatic N) is 1. The molecule has 2 aromatic carbocycles. The number of aryl methyl sites for hydroxylation is 1. The zero-order valence-corrected chi connectivity index (χ0v) is 17.3. The molecule has 2 aromatic rings. The van der Waals surface area contributed by atoms with Crippen LogP contribution >= 0.6 is 11.6 Å². The predicted molar refractivity (Wildman–Crippen MR) is 110 cm³/mol. The van der Waals surface area contributed by atoms with Crippen molar-refractivity contribution >= 4 is 23.2 Å². The van der Waals surface area contributed by atoms with E-state index in [2.05, 4.69) is 5.32 Å². The fourth-order valence-corrected chi connectivity index (χ4v) is 2.80. The van der Waals surface area contributed by atoms with Gasteiger partial charge in [-0.05, 0) is 57.1 Å². The molecule has 1 amide bonds. The van der Waals surface area contributed by atoms with Gasteiger partial charge in [-0.3, -0.25) is 9.69 Å². The summed E-state index contributed by atoms with van der Waals surface area (Å²) in [5.41, 5.74) is 2.61. The molecule has 0 aliphatic heterocycles. The molecule has 27 heavy (non-hydrogen) atoms. The van der Waals surface area contributed by atoms with Crippen molar-refractivity contribution in [2.75, 3.05) is 26.1 Å². The first kappa shape index (κ1) is 21.1. The molecule has 0 unspecified atom stereocenters. The van der Waals surface area contributed by atoms with Crippen LogP contribution in [0.15, 0.2) is 36.4 Å². The van der Waals surface area contributed by atoms with Crippen LogP contribution in [-0.4, -0.2) is 37.6 Å². The number of carbonyl (C=O) groups excluding carboxylic acids is 1. The van der Waals surface area contributed by atoms with Crippen LogP contribution in [0.4, 0.5) is 5.69 Å². The van der Waals surface area contributed by atoms with E-state index in [9.17, 15) is 4.79 Å². The quantitative estimate of drug-likeness (QED) is 0.720. The van der Waals surface area contributed by atoms with Gasteiger partial charge in [0.15, 0.2) is 0 Å². The summed E-state index contributed by atoms with van der Waals surface area (Å²) in [6.45, 7) is 7.01. The first-order valence-electron chi connectivity index (χ1n) is 8.92. The van der Waals surface area contributed by atoms with E-state index in [0.29, 0.717) is 29.6 Å². The molecule has 2 rings (SSSR count). The number of carbonyl (C=O) groups is 1. The average molecular weight is 391 g/mol. The van der Waals surface area contributed by atoms with Crippen molar-refractivity contribution in [2.24, 2.45) is 0 Å². The highest BCUT2D eigenvalue weighted by atomic mass is 35.5. The summed E-state index contributed by atoms with van der Waals surface area (Å²) in [5, 5.41) is 3.54. The van der Waals surface area contributed by atoms with Crippen LogP contribution in [0.5, 0.6) is 11.5 Å². The number of hydrogen-bond acceptors (Lipinski definition) is 4. The van der Waals surface area contributed by atoms with Gasteiger partial charge >= 0.3 is 0 Å². The lowest BCUT2D eigenvalue weighted by atomic mass is 10.1. The fraction of sp³-hybridized carbons (Fsp3) is 0.381. The second kappa shape index (κ2) is 9.62. The van der Waals surface area contributed by atoms with Gasteiger partial charge in [-0.1, -0.05) is 23.7 Å². The van der Waals surface area contributed by atoms with Crippen LogP contribution < -0.4 is 14.8 Å². The van der Waals surface area contributed by atoms with Gasteiger partial charge in [0.25, 0.3) is 0 Å². The Morgan fingerprint density at radius 1 is 1.26 bits per heavy atom. The number of nitrogens with one attached hydrogen (secondary N) is 1. The van der Waals surface area contributed by atoms with Crippen molar-refractivity contribution < 1.29 is 14.3 Å². The number of methoxy groups -OCH3 is 1. The van der Waals surface area contributed by atoms with E-state index >= 15 is 0 Å². The van der Waals surface area contributed by atoms with Gasteiger partial charge in [-0.25, -0.2) is 0 Å². The normalized spacial score (nSPS) is 12.0. The van der Waals surface area contributed by atoms with Crippen molar-refractivity contribution in [2.45, 2.75) is 33.4 Å². The first-order chi connectivity index (χ1) is 12.8. The third kappa shape index (κ3) is 5.62. The summed E-state index contributed by atoms with van der Waals surface area (Å²) in [7, 11) is 3.48. The molecule has 0 spiro atoms. The summed E-state index contributed by atoms with van der Waals surface area (Å²) in [5.74, 6) is 1.28. The lowest BCUT2D eigenvalue weighted by molar-refractivity contribution is -0.120. The van der Waals surface area contributed by atoms with Crippen LogP contribution in [0.1, 0.15) is 25.0 Å². The minimum Gasteiger partial charge on any atom is -0.495 e. The van der Waals surface area contributed by atoms with Crippen LogP contribution in [0.2, 0.25) is 5.02 Å². The number of ether oxygens (including phenoxy) is 2. The Labute approximate surface area is 166 Å². The molecule has 0 bridgehead atoms. The van der Waals surface area contributed by atoms with Gasteiger partial charge in [-0.2, -0.15) is 0 Å². The maximum absolute atomic E-state index is 12.7. The lowest BCUT2D eigenvalue weighted by Gasteiger charge is -2.24. The SMILES string of the molecule is CCOc1ccc(CN(C)[C@H](C)C(=O)Nc2cc(C)c(Cl)cc2OC)cc1. The molecule has 146 valence electrons. The van der Waals surface area contributed by atoms with Crippen molar-refractivity contribution in [3.05, 3.63) is 52.5 Å². The largest absolute Gasteiger partial charge is 0.495 e. The van der Waals surface area contributed by atoms with E-state index in [4.69, 9.17) is 21.1 Å². The van der Waals surface area contributed by atoms with Crippen LogP contribution in [0.25, 0.3) is 0 Å². The molecule has 0 aliphatic rings. The maximum Gasteiger partial charge on any atom is 0.241 e. The zero-order valence-electron chi connectivity index (χ0n) is 16.5. The first-order valence-corrected chi connectivity index (χ1v) is 9.30. The number of rotatable bonds is 8. The van der Waals surface area contributed by atoms with E-state index in [1.54, 1.807) is 13.2 Å². The van der Waals surface area contributed by atoms with Gasteiger partial charge in [0.1, 0.15) is 11.5 Å². The zero-order chi connectivity index (χ0) is 20.0. The van der Waals surface area contributed by atoms with E-state index < -0.39 is 0 Å². The van der Waals surface area contributed by atoms with Crippen molar-refractivity contribution in [1.29, 1.82) is 0 Å². The molecular formula is C21H27ClN2O3. The summed E-state index contributed by atoms with van der Waals surface area (Å²) < 4.78 is 10.8. The molecular weight excluding hydrogens is 364 g/mol. The second-order valence-corrected chi connectivity index (χ2v) is 6.87. The number of hydrogen-bond donors (Lipinski definition) is 1. The molecule has 0 aromatic heterocycles. The van der Waals surface area contributed by atoms with Gasteiger partial charge in [-0.15, -0.1) is 0 Å². The van der Waals surface area contributed by atoms with Crippen molar-refractivity contribution in [1.82, 2.24) is 4.90 Å². The van der Waals surface area contributed by atoms with Gasteiger partial charge < -0.3 is 14.8 Å². The third-order valence-electron chi connectivity index (χ3n) is 4.45. The molecule has 0 heterocycles. The molecule has 0 saturated heterocycles. The fourth-order valence-electron chi connectivity index (χ4n) is 2.65. The highest BCUT2D eigenvalue weighted by Gasteiger charge is 2.20. The van der Waals surface area contributed by atoms with Crippen LogP contribution in [-0.2, 0) is 11.3 Å². The van der Waals surface area contributed by atoms with E-state index in [1.807, 2.05) is 63.1 Å². The minimum absolute atomic E-state index is 0.108. The molecule has 5 nitrogen and oxygen atoms in total. The Morgan fingerprint density at radius 3 is 2.52 bits per heavy atom. The number of benzene rings is 2. The number of amides is 1. The van der Waals surface area contributed by atoms with E-state index in [1.165, 1.54) is 0 Å². The Hall–Kier alpha value is -2.24. The summed E-state index contributed by atoms with van der Waals surface area (Å²) in [6.07, 6.45) is 0.